The molecule has 1 aromatic heterocycles. The lowest BCUT2D eigenvalue weighted by molar-refractivity contribution is 0.602. The summed E-state index contributed by atoms with van der Waals surface area (Å²) in [6.07, 6.45) is 1.32. The maximum Gasteiger partial charge on any atom is 0.181 e. The average molecular weight is 196 g/mol. The van der Waals surface area contributed by atoms with Gasteiger partial charge in [0.1, 0.15) is 11.4 Å². The molecule has 0 saturated heterocycles. The highest BCUT2D eigenvalue weighted by Gasteiger charge is 2.07. The van der Waals surface area contributed by atoms with Crippen LogP contribution in [0.25, 0.3) is 11.1 Å². The van der Waals surface area contributed by atoms with Crippen molar-refractivity contribution in [3.63, 3.8) is 0 Å². The molecule has 0 atom stereocenters. The fraction of sp³-hybridized carbons (Fsp3) is 0. The van der Waals surface area contributed by atoms with Gasteiger partial charge in [0.05, 0.1) is 5.02 Å². The third-order valence-electron chi connectivity index (χ3n) is 1.71. The van der Waals surface area contributed by atoms with E-state index < -0.39 is 0 Å². The van der Waals surface area contributed by atoms with Crippen LogP contribution in [0.15, 0.2) is 22.9 Å². The van der Waals surface area contributed by atoms with E-state index in [-0.39, 0.29) is 5.84 Å². The third-order valence-corrected chi connectivity index (χ3v) is 2.02. The highest BCUT2D eigenvalue weighted by molar-refractivity contribution is 6.34. The van der Waals surface area contributed by atoms with Crippen molar-refractivity contribution in [3.8, 4) is 0 Å². The quantitative estimate of drug-likeness (QED) is 0.538. The Balaban J connectivity index is 2.76. The highest BCUT2D eigenvalue weighted by atomic mass is 35.5. The van der Waals surface area contributed by atoms with Gasteiger partial charge in [-0.2, -0.15) is 0 Å². The van der Waals surface area contributed by atoms with Crippen molar-refractivity contribution in [1.29, 1.82) is 5.41 Å². The first-order valence-electron chi connectivity index (χ1n) is 3.55. The Morgan fingerprint density at radius 2 is 2.31 bits per heavy atom. The first kappa shape index (κ1) is 8.07. The van der Waals surface area contributed by atoms with E-state index in [0.717, 1.165) is 0 Å². The summed E-state index contributed by atoms with van der Waals surface area (Å²) < 4.78 is 5.04. The number of nitrogens with zero attached hydrogens (tertiary/aromatic N) is 1. The minimum Gasteiger partial charge on any atom is -0.443 e. The molecule has 0 saturated carbocycles. The second kappa shape index (κ2) is 2.74. The van der Waals surface area contributed by atoms with Gasteiger partial charge in [-0.1, -0.05) is 11.6 Å². The standard InChI is InChI=1S/C8H6ClN3O/c9-5-2-6-7(13-3-12-6)1-4(5)8(10)11/h1-3H,(H3,10,11). The van der Waals surface area contributed by atoms with Gasteiger partial charge in [0.25, 0.3) is 0 Å². The molecule has 0 aliphatic carbocycles. The number of fused-ring (bicyclic) bond motifs is 1. The Labute approximate surface area is 78.8 Å². The monoisotopic (exact) mass is 195 g/mol. The molecule has 66 valence electrons. The number of nitrogens with two attached hydrogens (primary N) is 1. The second-order valence-electron chi connectivity index (χ2n) is 2.57. The number of hydrogen-bond acceptors (Lipinski definition) is 3. The van der Waals surface area contributed by atoms with Crippen LogP contribution >= 0.6 is 11.6 Å². The predicted molar refractivity (Wildman–Crippen MR) is 50.0 cm³/mol. The van der Waals surface area contributed by atoms with Crippen molar-refractivity contribution in [2.24, 2.45) is 5.73 Å². The average Bonchev–Trinajstić information content (AvgIpc) is 2.48. The summed E-state index contributed by atoms with van der Waals surface area (Å²) >= 11 is 5.85. The highest BCUT2D eigenvalue weighted by Crippen LogP contribution is 2.22. The number of amidine groups is 1. The topological polar surface area (TPSA) is 75.9 Å². The van der Waals surface area contributed by atoms with E-state index in [0.29, 0.717) is 21.7 Å². The van der Waals surface area contributed by atoms with Crippen LogP contribution in [-0.4, -0.2) is 10.8 Å². The van der Waals surface area contributed by atoms with Gasteiger partial charge >= 0.3 is 0 Å². The lowest BCUT2D eigenvalue weighted by atomic mass is 10.2. The molecule has 3 N–H and O–H groups in total. The van der Waals surface area contributed by atoms with Crippen LogP contribution in [0.1, 0.15) is 5.56 Å². The van der Waals surface area contributed by atoms with Gasteiger partial charge in [-0.25, -0.2) is 4.98 Å². The van der Waals surface area contributed by atoms with Crippen molar-refractivity contribution >= 4 is 28.5 Å². The molecule has 2 rings (SSSR count). The molecule has 0 aliphatic rings. The van der Waals surface area contributed by atoms with Gasteiger partial charge in [0.2, 0.25) is 0 Å². The van der Waals surface area contributed by atoms with Crippen LogP contribution in [0.4, 0.5) is 0 Å². The van der Waals surface area contributed by atoms with Gasteiger partial charge in [0, 0.05) is 5.56 Å². The summed E-state index contributed by atoms with van der Waals surface area (Å²) in [5.74, 6) is -0.0803. The number of halogens is 1. The Morgan fingerprint density at radius 1 is 1.54 bits per heavy atom. The molecular formula is C8H6ClN3O. The van der Waals surface area contributed by atoms with Crippen LogP contribution < -0.4 is 5.73 Å². The zero-order valence-corrected chi connectivity index (χ0v) is 7.30. The van der Waals surface area contributed by atoms with E-state index in [9.17, 15) is 0 Å². The molecule has 5 heteroatoms. The van der Waals surface area contributed by atoms with E-state index in [2.05, 4.69) is 4.98 Å². The fourth-order valence-electron chi connectivity index (χ4n) is 1.08. The molecule has 0 radical (unpaired) electrons. The Hall–Kier alpha value is -1.55. The maximum absolute atomic E-state index is 7.24. The van der Waals surface area contributed by atoms with Crippen LogP contribution in [0.3, 0.4) is 0 Å². The molecule has 0 fully saturated rings. The smallest absolute Gasteiger partial charge is 0.181 e. The molecule has 4 nitrogen and oxygen atoms in total. The van der Waals surface area contributed by atoms with Crippen LogP contribution in [-0.2, 0) is 0 Å². The lowest BCUT2D eigenvalue weighted by Crippen LogP contribution is -2.11. The van der Waals surface area contributed by atoms with E-state index >= 15 is 0 Å². The fourth-order valence-corrected chi connectivity index (χ4v) is 1.34. The van der Waals surface area contributed by atoms with Crippen LogP contribution in [0, 0.1) is 5.41 Å². The summed E-state index contributed by atoms with van der Waals surface area (Å²) in [5, 5.41) is 7.65. The van der Waals surface area contributed by atoms with E-state index in [4.69, 9.17) is 27.2 Å². The number of rotatable bonds is 1. The first-order chi connectivity index (χ1) is 6.18. The van der Waals surface area contributed by atoms with Crippen molar-refractivity contribution in [2.75, 3.05) is 0 Å². The van der Waals surface area contributed by atoms with Gasteiger partial charge in [-0.05, 0) is 12.1 Å². The maximum atomic E-state index is 7.24. The van der Waals surface area contributed by atoms with Crippen LogP contribution in [0.2, 0.25) is 5.02 Å². The van der Waals surface area contributed by atoms with Crippen molar-refractivity contribution < 1.29 is 4.42 Å². The predicted octanol–water partition coefficient (Wildman–Crippen LogP) is 1.77. The number of nitrogens with one attached hydrogen (secondary N) is 1. The molecule has 0 aliphatic heterocycles. The minimum absolute atomic E-state index is 0.0803. The largest absolute Gasteiger partial charge is 0.443 e. The number of benzene rings is 1. The van der Waals surface area contributed by atoms with E-state index in [1.165, 1.54) is 6.39 Å². The van der Waals surface area contributed by atoms with E-state index in [1.807, 2.05) is 0 Å². The Bertz CT molecular complexity index is 477. The number of nitrogen functional groups attached to an aromatic ring is 1. The Morgan fingerprint density at radius 3 is 3.00 bits per heavy atom. The molecule has 1 aromatic carbocycles. The number of aromatic nitrogens is 1. The van der Waals surface area contributed by atoms with Crippen molar-refractivity contribution in [3.05, 3.63) is 29.1 Å². The van der Waals surface area contributed by atoms with Gasteiger partial charge in [-0.15, -0.1) is 0 Å². The lowest BCUT2D eigenvalue weighted by Gasteiger charge is -1.99. The molecule has 13 heavy (non-hydrogen) atoms. The zero-order chi connectivity index (χ0) is 9.42. The minimum atomic E-state index is -0.0803. The molecule has 0 spiro atoms. The SMILES string of the molecule is N=C(N)c1cc2ocnc2cc1Cl. The number of oxazole rings is 1. The van der Waals surface area contributed by atoms with Crippen molar-refractivity contribution in [1.82, 2.24) is 4.98 Å². The van der Waals surface area contributed by atoms with Gasteiger partial charge in [-0.3, -0.25) is 5.41 Å². The molecular weight excluding hydrogens is 190 g/mol. The summed E-state index contributed by atoms with van der Waals surface area (Å²) in [6.45, 7) is 0. The van der Waals surface area contributed by atoms with Gasteiger partial charge in [0.15, 0.2) is 12.0 Å². The Kier molecular flexibility index (Phi) is 1.70. The molecule has 0 unspecified atom stereocenters. The molecule has 2 aromatic rings. The molecule has 1 heterocycles. The number of hydrogen-bond donors (Lipinski definition) is 2. The third kappa shape index (κ3) is 1.25. The van der Waals surface area contributed by atoms with Crippen molar-refractivity contribution in [2.45, 2.75) is 0 Å². The van der Waals surface area contributed by atoms with E-state index in [1.54, 1.807) is 12.1 Å². The first-order valence-corrected chi connectivity index (χ1v) is 3.93. The van der Waals surface area contributed by atoms with Gasteiger partial charge < -0.3 is 10.2 Å². The zero-order valence-electron chi connectivity index (χ0n) is 6.54. The molecule has 0 bridgehead atoms. The summed E-state index contributed by atoms with van der Waals surface area (Å²) in [6, 6.07) is 3.23. The second-order valence-corrected chi connectivity index (χ2v) is 2.97. The molecule has 0 amide bonds. The summed E-state index contributed by atoms with van der Waals surface area (Å²) in [5.41, 5.74) is 7.02. The normalized spacial score (nSPS) is 10.5. The van der Waals surface area contributed by atoms with Crippen LogP contribution in [0.5, 0.6) is 0 Å². The summed E-state index contributed by atoms with van der Waals surface area (Å²) in [4.78, 5) is 3.92. The summed E-state index contributed by atoms with van der Waals surface area (Å²) in [7, 11) is 0.